The summed E-state index contributed by atoms with van der Waals surface area (Å²) in [6.07, 6.45) is 0. The molecular weight excluding hydrogens is 168 g/mol. The van der Waals surface area contributed by atoms with Crippen LogP contribution in [0.1, 0.15) is 31.5 Å². The lowest BCUT2D eigenvalue weighted by atomic mass is 9.93. The van der Waals surface area contributed by atoms with Crippen LogP contribution in [-0.4, -0.2) is 12.0 Å². The fourth-order valence-electron chi connectivity index (χ4n) is 0.888. The van der Waals surface area contributed by atoms with E-state index in [1.807, 2.05) is 7.05 Å². The molecule has 0 saturated carbocycles. The van der Waals surface area contributed by atoms with Gasteiger partial charge in [0.15, 0.2) is 0 Å². The number of hydrogen-bond acceptors (Lipinski definition) is 3. The summed E-state index contributed by atoms with van der Waals surface area (Å²) < 4.78 is 0. The number of thiazole rings is 1. The van der Waals surface area contributed by atoms with E-state index in [1.54, 1.807) is 11.3 Å². The molecule has 3 heteroatoms. The SMILES string of the molecule is CNCc1nc(C(C)(C)C)cs1. The Bertz CT molecular complexity index is 247. The first kappa shape index (κ1) is 9.68. The summed E-state index contributed by atoms with van der Waals surface area (Å²) in [5.74, 6) is 0. The molecule has 0 amide bonds. The van der Waals surface area contributed by atoms with E-state index in [0.29, 0.717) is 0 Å². The molecule has 0 aromatic carbocycles. The molecule has 0 aliphatic carbocycles. The highest BCUT2D eigenvalue weighted by Crippen LogP contribution is 2.23. The van der Waals surface area contributed by atoms with Crippen LogP contribution in [-0.2, 0) is 12.0 Å². The molecule has 1 heterocycles. The summed E-state index contributed by atoms with van der Waals surface area (Å²) in [4.78, 5) is 4.53. The van der Waals surface area contributed by atoms with Gasteiger partial charge in [-0.15, -0.1) is 11.3 Å². The fraction of sp³-hybridized carbons (Fsp3) is 0.667. The number of hydrogen-bond donors (Lipinski definition) is 1. The second kappa shape index (κ2) is 3.54. The van der Waals surface area contributed by atoms with Crippen LogP contribution in [0.2, 0.25) is 0 Å². The van der Waals surface area contributed by atoms with Crippen molar-refractivity contribution in [2.75, 3.05) is 7.05 Å². The summed E-state index contributed by atoms with van der Waals surface area (Å²) in [7, 11) is 1.94. The Kier molecular flexibility index (Phi) is 2.85. The zero-order valence-electron chi connectivity index (χ0n) is 8.14. The summed E-state index contributed by atoms with van der Waals surface area (Å²) in [6, 6.07) is 0. The standard InChI is InChI=1S/C9H16N2S/c1-9(2,3)7-6-12-8(11-7)5-10-4/h6,10H,5H2,1-4H3. The lowest BCUT2D eigenvalue weighted by Crippen LogP contribution is -2.12. The van der Waals surface area contributed by atoms with Gasteiger partial charge in [-0.25, -0.2) is 4.98 Å². The third-order valence-electron chi connectivity index (χ3n) is 1.65. The largest absolute Gasteiger partial charge is 0.314 e. The van der Waals surface area contributed by atoms with E-state index in [0.717, 1.165) is 6.54 Å². The Morgan fingerprint density at radius 2 is 2.17 bits per heavy atom. The number of aromatic nitrogens is 1. The predicted octanol–water partition coefficient (Wildman–Crippen LogP) is 2.16. The molecule has 2 nitrogen and oxygen atoms in total. The lowest BCUT2D eigenvalue weighted by molar-refractivity contribution is 0.570. The second-order valence-corrected chi connectivity index (χ2v) is 4.85. The first-order valence-electron chi connectivity index (χ1n) is 4.13. The summed E-state index contributed by atoms with van der Waals surface area (Å²) in [6.45, 7) is 7.43. The van der Waals surface area contributed by atoms with Crippen LogP contribution in [0.25, 0.3) is 0 Å². The van der Waals surface area contributed by atoms with E-state index >= 15 is 0 Å². The molecule has 0 spiro atoms. The molecule has 0 aliphatic heterocycles. The Morgan fingerprint density at radius 3 is 2.58 bits per heavy atom. The number of nitrogens with one attached hydrogen (secondary N) is 1. The number of rotatable bonds is 2. The van der Waals surface area contributed by atoms with Crippen LogP contribution in [0, 0.1) is 0 Å². The topological polar surface area (TPSA) is 24.9 Å². The summed E-state index contributed by atoms with van der Waals surface area (Å²) in [5.41, 5.74) is 1.38. The highest BCUT2D eigenvalue weighted by molar-refractivity contribution is 7.09. The van der Waals surface area contributed by atoms with Gasteiger partial charge in [0.05, 0.1) is 5.69 Å². The first-order valence-corrected chi connectivity index (χ1v) is 5.01. The van der Waals surface area contributed by atoms with Crippen molar-refractivity contribution in [3.63, 3.8) is 0 Å². The van der Waals surface area contributed by atoms with Crippen molar-refractivity contribution >= 4 is 11.3 Å². The molecule has 0 unspecified atom stereocenters. The van der Waals surface area contributed by atoms with E-state index in [4.69, 9.17) is 0 Å². The van der Waals surface area contributed by atoms with Gasteiger partial charge in [-0.05, 0) is 7.05 Å². The molecule has 0 saturated heterocycles. The van der Waals surface area contributed by atoms with Gasteiger partial charge in [0, 0.05) is 17.3 Å². The van der Waals surface area contributed by atoms with Crippen LogP contribution in [0.5, 0.6) is 0 Å². The minimum atomic E-state index is 0.183. The minimum absolute atomic E-state index is 0.183. The normalized spacial score (nSPS) is 12.0. The van der Waals surface area contributed by atoms with Crippen molar-refractivity contribution in [3.8, 4) is 0 Å². The van der Waals surface area contributed by atoms with Crippen LogP contribution in [0.15, 0.2) is 5.38 Å². The molecule has 1 N–H and O–H groups in total. The second-order valence-electron chi connectivity index (χ2n) is 3.91. The Labute approximate surface area is 78.0 Å². The van der Waals surface area contributed by atoms with Crippen molar-refractivity contribution in [2.24, 2.45) is 0 Å². The van der Waals surface area contributed by atoms with Crippen molar-refractivity contribution in [1.82, 2.24) is 10.3 Å². The van der Waals surface area contributed by atoms with E-state index in [-0.39, 0.29) is 5.41 Å². The summed E-state index contributed by atoms with van der Waals surface area (Å²) in [5, 5.41) is 6.41. The van der Waals surface area contributed by atoms with Crippen molar-refractivity contribution in [2.45, 2.75) is 32.7 Å². The third kappa shape index (κ3) is 2.29. The van der Waals surface area contributed by atoms with Crippen molar-refractivity contribution in [3.05, 3.63) is 16.1 Å². The maximum atomic E-state index is 4.53. The van der Waals surface area contributed by atoms with Gasteiger partial charge in [0.2, 0.25) is 0 Å². The molecular formula is C9H16N2S. The maximum absolute atomic E-state index is 4.53. The van der Waals surface area contributed by atoms with E-state index < -0.39 is 0 Å². The van der Waals surface area contributed by atoms with E-state index in [1.165, 1.54) is 10.7 Å². The van der Waals surface area contributed by atoms with Gasteiger partial charge in [0.25, 0.3) is 0 Å². The molecule has 1 aromatic heterocycles. The van der Waals surface area contributed by atoms with E-state index in [2.05, 4.69) is 36.5 Å². The molecule has 0 fully saturated rings. The van der Waals surface area contributed by atoms with Crippen LogP contribution >= 0.6 is 11.3 Å². The van der Waals surface area contributed by atoms with Gasteiger partial charge in [-0.1, -0.05) is 20.8 Å². The number of nitrogens with zero attached hydrogens (tertiary/aromatic N) is 1. The molecule has 12 heavy (non-hydrogen) atoms. The quantitative estimate of drug-likeness (QED) is 0.762. The zero-order chi connectivity index (χ0) is 9.19. The van der Waals surface area contributed by atoms with Gasteiger partial charge in [-0.2, -0.15) is 0 Å². The van der Waals surface area contributed by atoms with Crippen LogP contribution in [0.3, 0.4) is 0 Å². The van der Waals surface area contributed by atoms with Gasteiger partial charge in [-0.3, -0.25) is 0 Å². The third-order valence-corrected chi connectivity index (χ3v) is 2.50. The predicted molar refractivity (Wildman–Crippen MR) is 53.6 cm³/mol. The highest BCUT2D eigenvalue weighted by atomic mass is 32.1. The van der Waals surface area contributed by atoms with Gasteiger partial charge in [0.1, 0.15) is 5.01 Å². The molecule has 0 radical (unpaired) electrons. The van der Waals surface area contributed by atoms with Crippen molar-refractivity contribution in [1.29, 1.82) is 0 Å². The molecule has 1 rings (SSSR count). The first-order chi connectivity index (χ1) is 5.54. The minimum Gasteiger partial charge on any atom is -0.314 e. The molecule has 0 bridgehead atoms. The van der Waals surface area contributed by atoms with E-state index in [9.17, 15) is 0 Å². The van der Waals surface area contributed by atoms with Crippen LogP contribution < -0.4 is 5.32 Å². The van der Waals surface area contributed by atoms with Gasteiger partial charge < -0.3 is 5.32 Å². The molecule has 68 valence electrons. The smallest absolute Gasteiger partial charge is 0.107 e. The molecule has 1 aromatic rings. The van der Waals surface area contributed by atoms with Gasteiger partial charge >= 0.3 is 0 Å². The Balaban J connectivity index is 2.77. The fourth-order valence-corrected chi connectivity index (χ4v) is 1.92. The molecule has 0 aliphatic rings. The average Bonchev–Trinajstić information content (AvgIpc) is 2.35. The average molecular weight is 184 g/mol. The Hall–Kier alpha value is -0.410. The van der Waals surface area contributed by atoms with Crippen LogP contribution in [0.4, 0.5) is 0 Å². The maximum Gasteiger partial charge on any atom is 0.107 e. The lowest BCUT2D eigenvalue weighted by Gasteiger charge is -2.14. The molecule has 0 atom stereocenters. The van der Waals surface area contributed by atoms with Crippen molar-refractivity contribution < 1.29 is 0 Å². The highest BCUT2D eigenvalue weighted by Gasteiger charge is 2.16. The zero-order valence-corrected chi connectivity index (χ0v) is 8.96. The Morgan fingerprint density at radius 1 is 1.50 bits per heavy atom. The summed E-state index contributed by atoms with van der Waals surface area (Å²) >= 11 is 1.73. The monoisotopic (exact) mass is 184 g/mol.